The molecule has 0 fully saturated rings. The zero-order chi connectivity index (χ0) is 13.6. The lowest BCUT2D eigenvalue weighted by atomic mass is 10.1. The quantitative estimate of drug-likeness (QED) is 0.329. The minimum atomic E-state index is -0.0708. The van der Waals surface area contributed by atoms with Gasteiger partial charge >= 0.3 is 0 Å². The van der Waals surface area contributed by atoms with Crippen molar-refractivity contribution in [1.82, 2.24) is 0 Å². The standard InChI is InChI=1S/C16H34O2/c1-5-6-7-8-9-10-11-12-13-14-15(2)18-16(3)17-4/h15-16H,5-14H2,1-4H3. The van der Waals surface area contributed by atoms with Crippen molar-refractivity contribution in [2.24, 2.45) is 0 Å². The van der Waals surface area contributed by atoms with E-state index < -0.39 is 0 Å². The van der Waals surface area contributed by atoms with E-state index in [2.05, 4.69) is 13.8 Å². The van der Waals surface area contributed by atoms with E-state index in [4.69, 9.17) is 9.47 Å². The third kappa shape index (κ3) is 12.4. The molecule has 110 valence electrons. The molecule has 0 N–H and O–H groups in total. The molecule has 0 radical (unpaired) electrons. The van der Waals surface area contributed by atoms with Crippen molar-refractivity contribution in [3.63, 3.8) is 0 Å². The Bertz CT molecular complexity index is 159. The first-order chi connectivity index (χ1) is 8.70. The van der Waals surface area contributed by atoms with E-state index in [0.717, 1.165) is 6.42 Å². The second-order valence-corrected chi connectivity index (χ2v) is 5.37. The highest BCUT2D eigenvalue weighted by Gasteiger charge is 2.06. The van der Waals surface area contributed by atoms with E-state index in [1.54, 1.807) is 7.11 Å². The summed E-state index contributed by atoms with van der Waals surface area (Å²) in [6, 6.07) is 0. The summed E-state index contributed by atoms with van der Waals surface area (Å²) in [5.74, 6) is 0. The van der Waals surface area contributed by atoms with Crippen LogP contribution < -0.4 is 0 Å². The summed E-state index contributed by atoms with van der Waals surface area (Å²) in [6.45, 7) is 6.36. The number of hydrogen-bond acceptors (Lipinski definition) is 2. The summed E-state index contributed by atoms with van der Waals surface area (Å²) in [4.78, 5) is 0. The lowest BCUT2D eigenvalue weighted by Gasteiger charge is -2.17. The highest BCUT2D eigenvalue weighted by molar-refractivity contribution is 4.53. The zero-order valence-corrected chi connectivity index (χ0v) is 13.0. The summed E-state index contributed by atoms with van der Waals surface area (Å²) in [7, 11) is 1.69. The Morgan fingerprint density at radius 2 is 1.28 bits per heavy atom. The van der Waals surface area contributed by atoms with Gasteiger partial charge in [0.25, 0.3) is 0 Å². The molecular formula is C16H34O2. The van der Waals surface area contributed by atoms with Gasteiger partial charge in [-0.3, -0.25) is 0 Å². The van der Waals surface area contributed by atoms with Crippen LogP contribution >= 0.6 is 0 Å². The Morgan fingerprint density at radius 3 is 1.78 bits per heavy atom. The fourth-order valence-corrected chi connectivity index (χ4v) is 2.19. The van der Waals surface area contributed by atoms with Gasteiger partial charge in [0.1, 0.15) is 0 Å². The molecule has 2 heteroatoms. The highest BCUT2D eigenvalue weighted by Crippen LogP contribution is 2.13. The molecule has 0 aliphatic rings. The molecule has 0 aromatic carbocycles. The molecule has 0 aromatic heterocycles. The molecule has 0 spiro atoms. The number of unbranched alkanes of at least 4 members (excludes halogenated alkanes) is 8. The largest absolute Gasteiger partial charge is 0.356 e. The van der Waals surface area contributed by atoms with Gasteiger partial charge in [0.2, 0.25) is 0 Å². The Morgan fingerprint density at radius 1 is 0.778 bits per heavy atom. The van der Waals surface area contributed by atoms with E-state index in [-0.39, 0.29) is 6.29 Å². The van der Waals surface area contributed by atoms with Crippen molar-refractivity contribution >= 4 is 0 Å². The molecule has 2 atom stereocenters. The zero-order valence-electron chi connectivity index (χ0n) is 13.0. The highest BCUT2D eigenvalue weighted by atomic mass is 16.7. The van der Waals surface area contributed by atoms with Crippen molar-refractivity contribution in [3.05, 3.63) is 0 Å². The van der Waals surface area contributed by atoms with Crippen LogP contribution in [-0.2, 0) is 9.47 Å². The van der Waals surface area contributed by atoms with Crippen molar-refractivity contribution < 1.29 is 9.47 Å². The molecule has 2 unspecified atom stereocenters. The first-order valence-corrected chi connectivity index (χ1v) is 7.89. The Labute approximate surface area is 114 Å². The Hall–Kier alpha value is -0.0800. The van der Waals surface area contributed by atoms with Gasteiger partial charge in [0.05, 0.1) is 6.10 Å². The minimum absolute atomic E-state index is 0.0708. The van der Waals surface area contributed by atoms with Gasteiger partial charge in [0.15, 0.2) is 6.29 Å². The van der Waals surface area contributed by atoms with Crippen LogP contribution in [0.15, 0.2) is 0 Å². The van der Waals surface area contributed by atoms with Gasteiger partial charge in [0, 0.05) is 7.11 Å². The summed E-state index contributed by atoms with van der Waals surface area (Å²) >= 11 is 0. The Kier molecular flexibility index (Phi) is 13.3. The van der Waals surface area contributed by atoms with Gasteiger partial charge in [-0.15, -0.1) is 0 Å². The second-order valence-electron chi connectivity index (χ2n) is 5.37. The number of ether oxygens (including phenoxy) is 2. The maximum absolute atomic E-state index is 5.65. The molecule has 0 heterocycles. The fourth-order valence-electron chi connectivity index (χ4n) is 2.19. The van der Waals surface area contributed by atoms with Gasteiger partial charge < -0.3 is 9.47 Å². The molecule has 2 nitrogen and oxygen atoms in total. The first-order valence-electron chi connectivity index (χ1n) is 7.89. The lowest BCUT2D eigenvalue weighted by Crippen LogP contribution is -2.18. The summed E-state index contributed by atoms with van der Waals surface area (Å²) < 4.78 is 10.7. The Balaban J connectivity index is 3.15. The third-order valence-electron chi connectivity index (χ3n) is 3.47. The van der Waals surface area contributed by atoms with Crippen LogP contribution in [-0.4, -0.2) is 19.5 Å². The fraction of sp³-hybridized carbons (Fsp3) is 1.00. The number of methoxy groups -OCH3 is 1. The van der Waals surface area contributed by atoms with Crippen molar-refractivity contribution in [3.8, 4) is 0 Å². The molecule has 0 bridgehead atoms. The average molecular weight is 258 g/mol. The van der Waals surface area contributed by atoms with Crippen LogP contribution in [0.5, 0.6) is 0 Å². The first kappa shape index (κ1) is 17.9. The summed E-state index contributed by atoms with van der Waals surface area (Å²) in [6.07, 6.45) is 13.9. The van der Waals surface area contributed by atoms with Crippen LogP contribution in [0.4, 0.5) is 0 Å². The number of rotatable bonds is 13. The van der Waals surface area contributed by atoms with E-state index in [1.165, 1.54) is 57.8 Å². The monoisotopic (exact) mass is 258 g/mol. The van der Waals surface area contributed by atoms with Gasteiger partial charge in [-0.2, -0.15) is 0 Å². The SMILES string of the molecule is CCCCCCCCCCCC(C)OC(C)OC. The normalized spacial score (nSPS) is 14.7. The molecule has 0 saturated heterocycles. The predicted molar refractivity (Wildman–Crippen MR) is 78.9 cm³/mol. The topological polar surface area (TPSA) is 18.5 Å². The van der Waals surface area contributed by atoms with Crippen molar-refractivity contribution in [1.29, 1.82) is 0 Å². The van der Waals surface area contributed by atoms with E-state index in [1.807, 2.05) is 6.92 Å². The summed E-state index contributed by atoms with van der Waals surface area (Å²) in [5, 5.41) is 0. The van der Waals surface area contributed by atoms with Gasteiger partial charge in [-0.05, 0) is 20.3 Å². The number of hydrogen-bond donors (Lipinski definition) is 0. The molecule has 18 heavy (non-hydrogen) atoms. The van der Waals surface area contributed by atoms with Crippen LogP contribution in [0.25, 0.3) is 0 Å². The van der Waals surface area contributed by atoms with E-state index >= 15 is 0 Å². The summed E-state index contributed by atoms with van der Waals surface area (Å²) in [5.41, 5.74) is 0. The molecule has 0 aliphatic heterocycles. The molecule has 0 amide bonds. The molecule has 0 rings (SSSR count). The third-order valence-corrected chi connectivity index (χ3v) is 3.47. The maximum Gasteiger partial charge on any atom is 0.154 e. The predicted octanol–water partition coefficient (Wildman–Crippen LogP) is 5.30. The van der Waals surface area contributed by atoms with Crippen molar-refractivity contribution in [2.45, 2.75) is 97.4 Å². The average Bonchev–Trinajstić information content (AvgIpc) is 2.36. The minimum Gasteiger partial charge on any atom is -0.356 e. The van der Waals surface area contributed by atoms with Crippen LogP contribution in [0, 0.1) is 0 Å². The van der Waals surface area contributed by atoms with Crippen LogP contribution in [0.2, 0.25) is 0 Å². The van der Waals surface area contributed by atoms with Crippen molar-refractivity contribution in [2.75, 3.05) is 7.11 Å². The van der Waals surface area contributed by atoms with E-state index in [0.29, 0.717) is 6.10 Å². The second kappa shape index (κ2) is 13.4. The van der Waals surface area contributed by atoms with Crippen LogP contribution in [0.3, 0.4) is 0 Å². The lowest BCUT2D eigenvalue weighted by molar-refractivity contribution is -0.140. The van der Waals surface area contributed by atoms with E-state index in [9.17, 15) is 0 Å². The smallest absolute Gasteiger partial charge is 0.154 e. The molecular weight excluding hydrogens is 224 g/mol. The molecule has 0 aliphatic carbocycles. The van der Waals surface area contributed by atoms with Crippen LogP contribution in [0.1, 0.15) is 85.0 Å². The molecule has 0 aromatic rings. The maximum atomic E-state index is 5.65. The molecule has 0 saturated carbocycles. The van der Waals surface area contributed by atoms with Gasteiger partial charge in [-0.1, -0.05) is 64.7 Å². The van der Waals surface area contributed by atoms with Gasteiger partial charge in [-0.25, -0.2) is 0 Å².